The SMILES string of the molecule is CC(N)(c1cccs1)c1ccc(Br)cc1Cl. The molecule has 0 amide bonds. The zero-order valence-electron chi connectivity index (χ0n) is 8.71. The molecule has 0 aliphatic rings. The quantitative estimate of drug-likeness (QED) is 0.874. The second-order valence-corrected chi connectivity index (χ2v) is 6.07. The molecule has 0 fully saturated rings. The molecule has 0 radical (unpaired) electrons. The van der Waals surface area contributed by atoms with Gasteiger partial charge in [-0.2, -0.15) is 0 Å². The number of benzene rings is 1. The molecular formula is C12H11BrClNS. The Kier molecular flexibility index (Phi) is 3.40. The van der Waals surface area contributed by atoms with E-state index in [1.54, 1.807) is 11.3 Å². The summed E-state index contributed by atoms with van der Waals surface area (Å²) in [6.07, 6.45) is 0. The monoisotopic (exact) mass is 315 g/mol. The van der Waals surface area contributed by atoms with Gasteiger partial charge in [-0.1, -0.05) is 39.7 Å². The van der Waals surface area contributed by atoms with Gasteiger partial charge >= 0.3 is 0 Å². The summed E-state index contributed by atoms with van der Waals surface area (Å²) in [5.74, 6) is 0. The highest BCUT2D eigenvalue weighted by molar-refractivity contribution is 9.10. The summed E-state index contributed by atoms with van der Waals surface area (Å²) >= 11 is 11.3. The summed E-state index contributed by atoms with van der Waals surface area (Å²) in [5, 5.41) is 2.71. The maximum Gasteiger partial charge on any atom is 0.0745 e. The molecule has 1 aromatic carbocycles. The smallest absolute Gasteiger partial charge is 0.0745 e. The number of hydrogen-bond acceptors (Lipinski definition) is 2. The lowest BCUT2D eigenvalue weighted by atomic mass is 9.91. The Hall–Kier alpha value is -0.350. The lowest BCUT2D eigenvalue weighted by Crippen LogP contribution is -2.33. The Balaban J connectivity index is 2.51. The van der Waals surface area contributed by atoms with Crippen LogP contribution >= 0.6 is 38.9 Å². The largest absolute Gasteiger partial charge is 0.317 e. The molecule has 84 valence electrons. The Labute approximate surface area is 112 Å². The number of nitrogens with two attached hydrogens (primary N) is 1. The molecular weight excluding hydrogens is 306 g/mol. The van der Waals surface area contributed by atoms with Gasteiger partial charge in [0, 0.05) is 14.4 Å². The van der Waals surface area contributed by atoms with Crippen molar-refractivity contribution in [3.63, 3.8) is 0 Å². The summed E-state index contributed by atoms with van der Waals surface area (Å²) < 4.78 is 0.961. The Morgan fingerprint density at radius 2 is 2.12 bits per heavy atom. The summed E-state index contributed by atoms with van der Waals surface area (Å²) in [4.78, 5) is 1.11. The normalized spacial score (nSPS) is 14.8. The fraction of sp³-hybridized carbons (Fsp3) is 0.167. The van der Waals surface area contributed by atoms with E-state index >= 15 is 0 Å². The van der Waals surface area contributed by atoms with Gasteiger partial charge in [0.05, 0.1) is 5.54 Å². The molecule has 2 rings (SSSR count). The molecule has 1 unspecified atom stereocenters. The molecule has 0 saturated carbocycles. The van der Waals surface area contributed by atoms with E-state index in [0.717, 1.165) is 14.9 Å². The van der Waals surface area contributed by atoms with Crippen LogP contribution in [0.5, 0.6) is 0 Å². The molecule has 1 atom stereocenters. The van der Waals surface area contributed by atoms with Gasteiger partial charge in [-0.05, 0) is 36.1 Å². The van der Waals surface area contributed by atoms with Crippen LogP contribution in [0.1, 0.15) is 17.4 Å². The Morgan fingerprint density at radius 3 is 2.69 bits per heavy atom. The van der Waals surface area contributed by atoms with E-state index in [4.69, 9.17) is 17.3 Å². The highest BCUT2D eigenvalue weighted by Gasteiger charge is 2.27. The van der Waals surface area contributed by atoms with E-state index in [-0.39, 0.29) is 0 Å². The topological polar surface area (TPSA) is 26.0 Å². The number of halogens is 2. The Morgan fingerprint density at radius 1 is 1.38 bits per heavy atom. The van der Waals surface area contributed by atoms with Gasteiger partial charge in [-0.15, -0.1) is 11.3 Å². The molecule has 4 heteroatoms. The maximum atomic E-state index is 6.37. The molecule has 2 N–H and O–H groups in total. The molecule has 0 aliphatic carbocycles. The lowest BCUT2D eigenvalue weighted by Gasteiger charge is -2.25. The van der Waals surface area contributed by atoms with Crippen LogP contribution in [0.15, 0.2) is 40.2 Å². The van der Waals surface area contributed by atoms with Crippen molar-refractivity contribution in [1.29, 1.82) is 0 Å². The average molecular weight is 317 g/mol. The Bertz CT molecular complexity index is 494. The minimum atomic E-state index is -0.536. The van der Waals surface area contributed by atoms with Gasteiger partial charge in [-0.25, -0.2) is 0 Å². The van der Waals surface area contributed by atoms with Gasteiger partial charge in [0.25, 0.3) is 0 Å². The molecule has 1 aromatic heterocycles. The minimum Gasteiger partial charge on any atom is -0.317 e. The van der Waals surface area contributed by atoms with Gasteiger partial charge in [-0.3, -0.25) is 0 Å². The lowest BCUT2D eigenvalue weighted by molar-refractivity contribution is 0.617. The fourth-order valence-corrected chi connectivity index (χ4v) is 3.30. The first-order chi connectivity index (χ1) is 7.51. The first kappa shape index (κ1) is 12.1. The summed E-state index contributed by atoms with van der Waals surface area (Å²) in [7, 11) is 0. The molecule has 2 aromatic rings. The van der Waals surface area contributed by atoms with Crippen molar-refractivity contribution in [2.75, 3.05) is 0 Å². The maximum absolute atomic E-state index is 6.37. The first-order valence-corrected chi connectivity index (χ1v) is 6.85. The number of rotatable bonds is 2. The molecule has 0 spiro atoms. The van der Waals surface area contributed by atoms with Gasteiger partial charge in [0.2, 0.25) is 0 Å². The highest BCUT2D eigenvalue weighted by Crippen LogP contribution is 2.35. The third-order valence-corrected chi connectivity index (χ3v) is 4.44. The number of hydrogen-bond donors (Lipinski definition) is 1. The van der Waals surface area contributed by atoms with Crippen molar-refractivity contribution in [2.24, 2.45) is 5.73 Å². The van der Waals surface area contributed by atoms with E-state index in [9.17, 15) is 0 Å². The van der Waals surface area contributed by atoms with Crippen LogP contribution in [0.3, 0.4) is 0 Å². The summed E-state index contributed by atoms with van der Waals surface area (Å²) in [6, 6.07) is 9.82. The molecule has 0 aliphatic heterocycles. The summed E-state index contributed by atoms with van der Waals surface area (Å²) in [6.45, 7) is 1.98. The predicted molar refractivity (Wildman–Crippen MR) is 74.1 cm³/mol. The van der Waals surface area contributed by atoms with Crippen molar-refractivity contribution in [1.82, 2.24) is 0 Å². The van der Waals surface area contributed by atoms with E-state index in [0.29, 0.717) is 5.02 Å². The molecule has 0 bridgehead atoms. The van der Waals surface area contributed by atoms with E-state index in [1.807, 2.05) is 42.6 Å². The van der Waals surface area contributed by atoms with Crippen molar-refractivity contribution in [2.45, 2.75) is 12.5 Å². The fourth-order valence-electron chi connectivity index (χ4n) is 1.62. The molecule has 16 heavy (non-hydrogen) atoms. The molecule has 1 nitrogen and oxygen atoms in total. The van der Waals surface area contributed by atoms with Crippen LogP contribution in [0, 0.1) is 0 Å². The minimum absolute atomic E-state index is 0.536. The summed E-state index contributed by atoms with van der Waals surface area (Å²) in [5.41, 5.74) is 6.77. The third-order valence-electron chi connectivity index (χ3n) is 2.52. The predicted octanol–water partition coefficient (Wildman–Crippen LogP) is 4.39. The van der Waals surface area contributed by atoms with Crippen LogP contribution < -0.4 is 5.73 Å². The third kappa shape index (κ3) is 2.18. The van der Waals surface area contributed by atoms with Crippen molar-refractivity contribution >= 4 is 38.9 Å². The van der Waals surface area contributed by atoms with E-state index in [1.165, 1.54) is 0 Å². The first-order valence-electron chi connectivity index (χ1n) is 4.80. The highest BCUT2D eigenvalue weighted by atomic mass is 79.9. The van der Waals surface area contributed by atoms with Crippen LogP contribution in [0.2, 0.25) is 5.02 Å². The second-order valence-electron chi connectivity index (χ2n) is 3.80. The zero-order valence-corrected chi connectivity index (χ0v) is 11.9. The molecule has 1 heterocycles. The molecule has 0 saturated heterocycles. The number of thiophene rings is 1. The standard InChI is InChI=1S/C12H11BrClNS/c1-12(15,11-3-2-6-16-11)9-5-4-8(13)7-10(9)14/h2-7H,15H2,1H3. The van der Waals surface area contributed by atoms with Crippen molar-refractivity contribution in [3.05, 3.63) is 55.6 Å². The van der Waals surface area contributed by atoms with Crippen LogP contribution in [-0.4, -0.2) is 0 Å². The van der Waals surface area contributed by atoms with Gasteiger partial charge < -0.3 is 5.73 Å². The van der Waals surface area contributed by atoms with E-state index < -0.39 is 5.54 Å². The van der Waals surface area contributed by atoms with Crippen LogP contribution in [0.25, 0.3) is 0 Å². The van der Waals surface area contributed by atoms with Gasteiger partial charge in [0.1, 0.15) is 0 Å². The van der Waals surface area contributed by atoms with E-state index in [2.05, 4.69) is 15.9 Å². The zero-order chi connectivity index (χ0) is 11.8. The second kappa shape index (κ2) is 4.49. The van der Waals surface area contributed by atoms with Crippen LogP contribution in [0.4, 0.5) is 0 Å². The van der Waals surface area contributed by atoms with Crippen molar-refractivity contribution in [3.8, 4) is 0 Å². The van der Waals surface area contributed by atoms with Gasteiger partial charge in [0.15, 0.2) is 0 Å². The van der Waals surface area contributed by atoms with Crippen LogP contribution in [-0.2, 0) is 5.54 Å². The average Bonchev–Trinajstić information content (AvgIpc) is 2.69. The van der Waals surface area contributed by atoms with Crippen molar-refractivity contribution < 1.29 is 0 Å².